The van der Waals surface area contributed by atoms with Crippen LogP contribution in [-0.4, -0.2) is 20.3 Å². The van der Waals surface area contributed by atoms with E-state index in [9.17, 15) is 4.79 Å². The predicted molar refractivity (Wildman–Crippen MR) is 95.8 cm³/mol. The lowest BCUT2D eigenvalue weighted by Gasteiger charge is -1.98. The molecule has 0 aliphatic heterocycles. The Hall–Kier alpha value is -1.74. The maximum atomic E-state index is 12.1. The van der Waals surface area contributed by atoms with E-state index in [4.69, 9.17) is 11.6 Å². The second kappa shape index (κ2) is 6.04. The molecule has 0 radical (unpaired) electrons. The van der Waals surface area contributed by atoms with E-state index in [0.717, 1.165) is 25.6 Å². The van der Waals surface area contributed by atoms with Gasteiger partial charge in [-0.1, -0.05) is 11.6 Å². The Morgan fingerprint density at radius 1 is 1.30 bits per heavy atom. The van der Waals surface area contributed by atoms with E-state index in [1.54, 1.807) is 11.3 Å². The van der Waals surface area contributed by atoms with Crippen LogP contribution in [0.3, 0.4) is 0 Å². The number of rotatable bonds is 4. The van der Waals surface area contributed by atoms with Crippen LogP contribution in [0.2, 0.25) is 4.34 Å². The predicted octanol–water partition coefficient (Wildman–Crippen LogP) is 4.42. The number of carbonyl (C=O) groups excluding carboxylic acids is 1. The molecule has 0 aliphatic carbocycles. The van der Waals surface area contributed by atoms with Crippen LogP contribution in [0.4, 0.5) is 5.13 Å². The first-order valence-electron chi connectivity index (χ1n) is 6.59. The van der Waals surface area contributed by atoms with Crippen LogP contribution in [0.5, 0.6) is 0 Å². The smallest absolute Gasteiger partial charge is 0.232 e. The zero-order chi connectivity index (χ0) is 15.8. The van der Waals surface area contributed by atoms with E-state index in [2.05, 4.69) is 15.3 Å². The van der Waals surface area contributed by atoms with Crippen molar-refractivity contribution in [3.8, 4) is 10.6 Å². The average molecular weight is 381 g/mol. The van der Waals surface area contributed by atoms with Gasteiger partial charge in [-0.15, -0.1) is 34.0 Å². The molecule has 1 amide bonds. The Bertz CT molecular complexity index is 955. The first-order chi connectivity index (χ1) is 11.2. The number of nitrogens with zero attached hydrogens (tertiary/aromatic N) is 3. The molecule has 0 bridgehead atoms. The van der Waals surface area contributed by atoms with Gasteiger partial charge in [-0.05, 0) is 12.1 Å². The summed E-state index contributed by atoms with van der Waals surface area (Å²) >= 11 is 10.3. The van der Waals surface area contributed by atoms with Crippen molar-refractivity contribution >= 4 is 61.6 Å². The molecule has 0 spiro atoms. The van der Waals surface area contributed by atoms with Gasteiger partial charge in [-0.2, -0.15) is 0 Å². The number of hydrogen-bond donors (Lipinski definition) is 1. The van der Waals surface area contributed by atoms with Crippen LogP contribution in [0.25, 0.3) is 15.5 Å². The van der Waals surface area contributed by atoms with Gasteiger partial charge in [0, 0.05) is 23.2 Å². The number of thiophene rings is 1. The summed E-state index contributed by atoms with van der Waals surface area (Å²) in [7, 11) is 0. The first kappa shape index (κ1) is 14.8. The van der Waals surface area contributed by atoms with Gasteiger partial charge >= 0.3 is 0 Å². The molecule has 4 rings (SSSR count). The minimum Gasteiger partial charge on any atom is -0.302 e. The number of imidazole rings is 1. The summed E-state index contributed by atoms with van der Waals surface area (Å²) in [6.45, 7) is 0. The van der Waals surface area contributed by atoms with Crippen LogP contribution >= 0.6 is 45.6 Å². The highest BCUT2D eigenvalue weighted by Gasteiger charge is 2.12. The van der Waals surface area contributed by atoms with Gasteiger partial charge in [0.1, 0.15) is 0 Å². The SMILES string of the molecule is O=C(Cc1cn2ccsc2n1)Nc1nc(-c2ccc(Cl)s2)cs1. The molecular weight excluding hydrogens is 372 g/mol. The van der Waals surface area contributed by atoms with Gasteiger partial charge in [0.25, 0.3) is 0 Å². The number of amides is 1. The fourth-order valence-electron chi connectivity index (χ4n) is 2.09. The molecule has 4 heterocycles. The van der Waals surface area contributed by atoms with Crippen molar-refractivity contribution in [2.45, 2.75) is 6.42 Å². The molecule has 0 aliphatic rings. The third-order valence-corrected chi connectivity index (χ3v) is 5.84. The normalized spacial score (nSPS) is 11.2. The van der Waals surface area contributed by atoms with Crippen LogP contribution in [0.1, 0.15) is 5.69 Å². The lowest BCUT2D eigenvalue weighted by Crippen LogP contribution is -2.14. The minimum atomic E-state index is -0.124. The molecule has 23 heavy (non-hydrogen) atoms. The summed E-state index contributed by atoms with van der Waals surface area (Å²) in [4.78, 5) is 22.8. The lowest BCUT2D eigenvalue weighted by atomic mass is 10.3. The molecule has 0 saturated heterocycles. The van der Waals surface area contributed by atoms with Gasteiger partial charge in [0.2, 0.25) is 5.91 Å². The van der Waals surface area contributed by atoms with E-state index in [-0.39, 0.29) is 12.3 Å². The summed E-state index contributed by atoms with van der Waals surface area (Å²) in [5, 5.41) is 7.26. The topological polar surface area (TPSA) is 59.3 Å². The number of halogens is 1. The number of hydrogen-bond acceptors (Lipinski definition) is 6. The molecule has 0 saturated carbocycles. The van der Waals surface area contributed by atoms with Crippen LogP contribution in [0, 0.1) is 0 Å². The first-order valence-corrected chi connectivity index (χ1v) is 9.55. The average Bonchev–Trinajstić information content (AvgIpc) is 3.22. The minimum absolute atomic E-state index is 0.124. The van der Waals surface area contributed by atoms with Gasteiger partial charge in [-0.3, -0.25) is 9.20 Å². The fraction of sp³-hybridized carbons (Fsp3) is 0.0714. The quantitative estimate of drug-likeness (QED) is 0.570. The highest BCUT2D eigenvalue weighted by Crippen LogP contribution is 2.32. The number of fused-ring (bicyclic) bond motifs is 1. The molecule has 1 N–H and O–H groups in total. The van der Waals surface area contributed by atoms with Crippen molar-refractivity contribution < 1.29 is 4.79 Å². The molecule has 0 aromatic carbocycles. The molecule has 0 fully saturated rings. The third kappa shape index (κ3) is 3.16. The highest BCUT2D eigenvalue weighted by atomic mass is 35.5. The Kier molecular flexibility index (Phi) is 3.90. The number of aromatic nitrogens is 3. The standard InChI is InChI=1S/C14H9ClN4OS3/c15-11-2-1-10(23-11)9-7-22-13(17-9)18-12(20)5-8-6-19-3-4-21-14(19)16-8/h1-4,6-7H,5H2,(H,17,18,20). The van der Waals surface area contributed by atoms with Crippen LogP contribution in [-0.2, 0) is 11.2 Å². The van der Waals surface area contributed by atoms with Gasteiger partial charge in [0.15, 0.2) is 10.1 Å². The van der Waals surface area contributed by atoms with Gasteiger partial charge < -0.3 is 5.32 Å². The molecule has 5 nitrogen and oxygen atoms in total. The Morgan fingerprint density at radius 2 is 2.22 bits per heavy atom. The van der Waals surface area contributed by atoms with Crippen molar-refractivity contribution in [2.75, 3.05) is 5.32 Å². The highest BCUT2D eigenvalue weighted by molar-refractivity contribution is 7.20. The Morgan fingerprint density at radius 3 is 3.00 bits per heavy atom. The number of nitrogens with one attached hydrogen (secondary N) is 1. The van der Waals surface area contributed by atoms with Crippen molar-refractivity contribution in [1.82, 2.24) is 14.4 Å². The summed E-state index contributed by atoms with van der Waals surface area (Å²) in [5.74, 6) is -0.124. The number of anilines is 1. The van der Waals surface area contributed by atoms with E-state index in [1.165, 1.54) is 22.7 Å². The summed E-state index contributed by atoms with van der Waals surface area (Å²) in [6, 6.07) is 3.76. The number of carbonyl (C=O) groups is 1. The lowest BCUT2D eigenvalue weighted by molar-refractivity contribution is -0.115. The van der Waals surface area contributed by atoms with E-state index < -0.39 is 0 Å². The van der Waals surface area contributed by atoms with Gasteiger partial charge in [0.05, 0.1) is 27.0 Å². The van der Waals surface area contributed by atoms with E-state index in [1.807, 2.05) is 39.7 Å². The zero-order valence-corrected chi connectivity index (χ0v) is 14.7. The van der Waals surface area contributed by atoms with Crippen LogP contribution < -0.4 is 5.32 Å². The fourth-order valence-corrected chi connectivity index (χ4v) is 4.61. The van der Waals surface area contributed by atoms with E-state index in [0.29, 0.717) is 5.13 Å². The molecular formula is C14H9ClN4OS3. The molecule has 9 heteroatoms. The van der Waals surface area contributed by atoms with Crippen molar-refractivity contribution in [1.29, 1.82) is 0 Å². The summed E-state index contributed by atoms with van der Waals surface area (Å²) in [6.07, 6.45) is 4.02. The largest absolute Gasteiger partial charge is 0.302 e. The third-order valence-electron chi connectivity index (χ3n) is 3.06. The summed E-state index contributed by atoms with van der Waals surface area (Å²) < 4.78 is 2.63. The summed E-state index contributed by atoms with van der Waals surface area (Å²) in [5.41, 5.74) is 1.57. The maximum absolute atomic E-state index is 12.1. The van der Waals surface area contributed by atoms with E-state index >= 15 is 0 Å². The van der Waals surface area contributed by atoms with Crippen LogP contribution in [0.15, 0.2) is 35.3 Å². The Balaban J connectivity index is 1.44. The Labute approximate surface area is 148 Å². The second-order valence-corrected chi connectivity index (χ2v) is 8.14. The van der Waals surface area contributed by atoms with Crippen molar-refractivity contribution in [3.63, 3.8) is 0 Å². The van der Waals surface area contributed by atoms with Gasteiger partial charge in [-0.25, -0.2) is 9.97 Å². The van der Waals surface area contributed by atoms with Crippen molar-refractivity contribution in [2.24, 2.45) is 0 Å². The molecule has 4 aromatic heterocycles. The molecule has 4 aromatic rings. The number of thiazole rings is 2. The second-order valence-electron chi connectivity index (χ2n) is 4.69. The monoisotopic (exact) mass is 380 g/mol. The van der Waals surface area contributed by atoms with Crippen molar-refractivity contribution in [3.05, 3.63) is 45.3 Å². The zero-order valence-electron chi connectivity index (χ0n) is 11.5. The molecule has 116 valence electrons. The maximum Gasteiger partial charge on any atom is 0.232 e. The molecule has 0 unspecified atom stereocenters. The molecule has 0 atom stereocenters.